The van der Waals surface area contributed by atoms with Crippen molar-refractivity contribution < 1.29 is 13.6 Å². The lowest BCUT2D eigenvalue weighted by Crippen LogP contribution is -2.40. The molecule has 0 radical (unpaired) electrons. The molecule has 126 valence electrons. The van der Waals surface area contributed by atoms with Crippen LogP contribution in [0.2, 0.25) is 0 Å². The molecule has 2 fully saturated rings. The highest BCUT2D eigenvalue weighted by Crippen LogP contribution is 2.43. The number of amides is 2. The summed E-state index contributed by atoms with van der Waals surface area (Å²) >= 11 is 0. The predicted molar refractivity (Wildman–Crippen MR) is 85.4 cm³/mol. The first-order chi connectivity index (χ1) is 11.5. The average Bonchev–Trinajstić information content (AvgIpc) is 3.23. The normalized spacial score (nSPS) is 22.2. The molecule has 2 atom stereocenters. The molecule has 1 saturated carbocycles. The molecule has 2 unspecified atom stereocenters. The average molecular weight is 332 g/mol. The molecule has 1 N–H and O–H groups in total. The van der Waals surface area contributed by atoms with Gasteiger partial charge in [0.2, 0.25) is 0 Å². The maximum absolute atomic E-state index is 13.4. The molecule has 1 saturated heterocycles. The first-order valence-electron chi connectivity index (χ1n) is 8.09. The zero-order chi connectivity index (χ0) is 16.8. The summed E-state index contributed by atoms with van der Waals surface area (Å²) in [7, 11) is 1.69. The summed E-state index contributed by atoms with van der Waals surface area (Å²) in [4.78, 5) is 14.3. The predicted octanol–water partition coefficient (Wildman–Crippen LogP) is 3.38. The Hall–Kier alpha value is -2.44. The van der Waals surface area contributed by atoms with Crippen LogP contribution in [0.15, 0.2) is 24.3 Å². The van der Waals surface area contributed by atoms with Crippen LogP contribution >= 0.6 is 0 Å². The van der Waals surface area contributed by atoms with Gasteiger partial charge in [0, 0.05) is 37.3 Å². The third-order valence-corrected chi connectivity index (χ3v) is 4.79. The highest BCUT2D eigenvalue weighted by Gasteiger charge is 2.46. The monoisotopic (exact) mass is 332 g/mol. The number of piperidine rings is 1. The van der Waals surface area contributed by atoms with Crippen molar-refractivity contribution >= 4 is 11.8 Å². The summed E-state index contributed by atoms with van der Waals surface area (Å²) in [6.07, 6.45) is 3.33. The first-order valence-corrected chi connectivity index (χ1v) is 8.09. The molecule has 1 aromatic carbocycles. The van der Waals surface area contributed by atoms with E-state index in [9.17, 15) is 13.6 Å². The van der Waals surface area contributed by atoms with E-state index in [2.05, 4.69) is 10.4 Å². The van der Waals surface area contributed by atoms with Gasteiger partial charge in [-0.05, 0) is 37.3 Å². The lowest BCUT2D eigenvalue weighted by molar-refractivity contribution is 0.195. The van der Waals surface area contributed by atoms with Gasteiger partial charge in [0.25, 0.3) is 0 Å². The molecule has 2 aliphatic rings. The van der Waals surface area contributed by atoms with Gasteiger partial charge in [-0.2, -0.15) is 5.10 Å². The number of likely N-dealkylation sites (tertiary alicyclic amines) is 1. The minimum atomic E-state index is -0.658. The highest BCUT2D eigenvalue weighted by atomic mass is 19.1. The summed E-state index contributed by atoms with van der Waals surface area (Å²) < 4.78 is 28.2. The van der Waals surface area contributed by atoms with Crippen molar-refractivity contribution in [2.75, 3.05) is 11.9 Å². The smallest absolute Gasteiger partial charge is 0.321 e. The molecule has 4 rings (SSSR count). The number of aromatic nitrogens is 2. The standard InChI is InChI=1S/C17H18F2N4O/c1-22-16(20-17(24)23-4-2-3-10-7-15(10)23)9-14(21-22)11-5-12(18)8-13(19)6-11/h5-6,8-10,15H,2-4,7H2,1H3,(H,20,24). The maximum atomic E-state index is 13.4. The molecule has 2 heterocycles. The summed E-state index contributed by atoms with van der Waals surface area (Å²) in [5, 5.41) is 7.10. The van der Waals surface area contributed by atoms with E-state index in [0.717, 1.165) is 25.5 Å². The van der Waals surface area contributed by atoms with E-state index >= 15 is 0 Å². The molecule has 24 heavy (non-hydrogen) atoms. The zero-order valence-electron chi connectivity index (χ0n) is 13.3. The molecule has 0 bridgehead atoms. The Balaban J connectivity index is 1.54. The van der Waals surface area contributed by atoms with Crippen LogP contribution in [0, 0.1) is 17.6 Å². The summed E-state index contributed by atoms with van der Waals surface area (Å²) in [6, 6.07) is 5.11. The van der Waals surface area contributed by atoms with Gasteiger partial charge >= 0.3 is 6.03 Å². The Morgan fingerprint density at radius 3 is 2.75 bits per heavy atom. The van der Waals surface area contributed by atoms with E-state index in [4.69, 9.17) is 0 Å². The lowest BCUT2D eigenvalue weighted by Gasteiger charge is -2.26. The van der Waals surface area contributed by atoms with Gasteiger partial charge in [0.05, 0.1) is 5.69 Å². The highest BCUT2D eigenvalue weighted by molar-refractivity contribution is 5.89. The third-order valence-electron chi connectivity index (χ3n) is 4.79. The van der Waals surface area contributed by atoms with Gasteiger partial charge in [-0.1, -0.05) is 0 Å². The number of anilines is 1. The van der Waals surface area contributed by atoms with E-state index in [1.807, 2.05) is 4.90 Å². The minimum absolute atomic E-state index is 0.137. The fourth-order valence-electron chi connectivity index (χ4n) is 3.47. The van der Waals surface area contributed by atoms with E-state index in [1.165, 1.54) is 23.2 Å². The van der Waals surface area contributed by atoms with E-state index < -0.39 is 11.6 Å². The molecule has 0 spiro atoms. The number of nitrogens with one attached hydrogen (secondary N) is 1. The van der Waals surface area contributed by atoms with E-state index in [1.54, 1.807) is 13.1 Å². The Morgan fingerprint density at radius 1 is 1.25 bits per heavy atom. The topological polar surface area (TPSA) is 50.2 Å². The van der Waals surface area contributed by atoms with Crippen LogP contribution in [0.5, 0.6) is 0 Å². The summed E-state index contributed by atoms with van der Waals surface area (Å²) in [5.74, 6) is -0.159. The summed E-state index contributed by atoms with van der Waals surface area (Å²) in [5.41, 5.74) is 0.748. The van der Waals surface area contributed by atoms with E-state index in [0.29, 0.717) is 29.0 Å². The number of benzene rings is 1. The number of hydrogen-bond acceptors (Lipinski definition) is 2. The number of nitrogens with zero attached hydrogens (tertiary/aromatic N) is 3. The van der Waals surface area contributed by atoms with Crippen LogP contribution in [0.4, 0.5) is 19.4 Å². The van der Waals surface area contributed by atoms with Crippen LogP contribution in [-0.2, 0) is 7.05 Å². The Kier molecular flexibility index (Phi) is 3.51. The maximum Gasteiger partial charge on any atom is 0.323 e. The van der Waals surface area contributed by atoms with Gasteiger partial charge in [-0.15, -0.1) is 0 Å². The molecule has 2 aromatic rings. The zero-order valence-corrected chi connectivity index (χ0v) is 13.3. The fraction of sp³-hybridized carbons (Fsp3) is 0.412. The number of aryl methyl sites for hydroxylation is 1. The Bertz CT molecular complexity index is 784. The number of halogens is 2. The van der Waals surface area contributed by atoms with Gasteiger partial charge in [0.1, 0.15) is 17.5 Å². The second-order valence-corrected chi connectivity index (χ2v) is 6.53. The first kappa shape index (κ1) is 15.1. The van der Waals surface area contributed by atoms with Crippen molar-refractivity contribution in [2.24, 2.45) is 13.0 Å². The molecule has 1 aliphatic carbocycles. The van der Waals surface area contributed by atoms with Gasteiger partial charge in [-0.25, -0.2) is 13.6 Å². The number of hydrogen-bond donors (Lipinski definition) is 1. The van der Waals surface area contributed by atoms with Crippen molar-refractivity contribution in [3.63, 3.8) is 0 Å². The third kappa shape index (κ3) is 2.74. The Labute approximate surface area is 138 Å². The van der Waals surface area contributed by atoms with Crippen molar-refractivity contribution in [3.8, 4) is 11.3 Å². The largest absolute Gasteiger partial charge is 0.323 e. The molecular formula is C17H18F2N4O. The van der Waals surface area contributed by atoms with Crippen molar-refractivity contribution in [3.05, 3.63) is 35.9 Å². The Morgan fingerprint density at radius 2 is 2.00 bits per heavy atom. The van der Waals surface area contributed by atoms with E-state index in [-0.39, 0.29) is 6.03 Å². The number of rotatable bonds is 2. The summed E-state index contributed by atoms with van der Waals surface area (Å²) in [6.45, 7) is 0.771. The SMILES string of the molecule is Cn1nc(-c2cc(F)cc(F)c2)cc1NC(=O)N1CCCC2CC21. The number of fused-ring (bicyclic) bond motifs is 1. The fourth-order valence-corrected chi connectivity index (χ4v) is 3.47. The quantitative estimate of drug-likeness (QED) is 0.916. The lowest BCUT2D eigenvalue weighted by atomic mass is 10.1. The van der Waals surface area contributed by atoms with Crippen molar-refractivity contribution in [1.82, 2.24) is 14.7 Å². The van der Waals surface area contributed by atoms with Crippen molar-refractivity contribution in [2.45, 2.75) is 25.3 Å². The van der Waals surface area contributed by atoms with Crippen LogP contribution in [-0.4, -0.2) is 33.3 Å². The number of carbonyl (C=O) groups is 1. The number of urea groups is 1. The van der Waals surface area contributed by atoms with Crippen LogP contribution in [0.3, 0.4) is 0 Å². The number of carbonyl (C=O) groups excluding carboxylic acids is 1. The van der Waals surface area contributed by atoms with Gasteiger partial charge in [0.15, 0.2) is 0 Å². The molecular weight excluding hydrogens is 314 g/mol. The second-order valence-electron chi connectivity index (χ2n) is 6.53. The van der Waals surface area contributed by atoms with Crippen LogP contribution in [0.1, 0.15) is 19.3 Å². The minimum Gasteiger partial charge on any atom is -0.321 e. The van der Waals surface area contributed by atoms with Crippen LogP contribution in [0.25, 0.3) is 11.3 Å². The molecule has 5 nitrogen and oxygen atoms in total. The molecule has 7 heteroatoms. The molecule has 1 aromatic heterocycles. The molecule has 1 aliphatic heterocycles. The van der Waals surface area contributed by atoms with Gasteiger partial charge < -0.3 is 4.90 Å². The van der Waals surface area contributed by atoms with Crippen LogP contribution < -0.4 is 5.32 Å². The van der Waals surface area contributed by atoms with Crippen molar-refractivity contribution in [1.29, 1.82) is 0 Å². The van der Waals surface area contributed by atoms with Gasteiger partial charge in [-0.3, -0.25) is 10.00 Å². The molecule has 2 amide bonds. The second kappa shape index (κ2) is 5.58.